The van der Waals surface area contributed by atoms with Gasteiger partial charge < -0.3 is 10.0 Å². The maximum Gasteiger partial charge on any atom is 0.227 e. The topological polar surface area (TPSA) is 40.5 Å². The molecule has 0 saturated carbocycles. The lowest BCUT2D eigenvalue weighted by molar-refractivity contribution is -0.133. The van der Waals surface area contributed by atoms with Gasteiger partial charge in [-0.25, -0.2) is 0 Å². The van der Waals surface area contributed by atoms with Gasteiger partial charge in [-0.3, -0.25) is 4.79 Å². The Hall–Kier alpha value is -1.00. The predicted octanol–water partition coefficient (Wildman–Crippen LogP) is 1.93. The summed E-state index contributed by atoms with van der Waals surface area (Å²) in [5.41, 5.74) is 1.08. The lowest BCUT2D eigenvalue weighted by Gasteiger charge is -2.30. The van der Waals surface area contributed by atoms with E-state index in [4.69, 9.17) is 0 Å². The minimum Gasteiger partial charge on any atom is -0.391 e. The molecule has 0 aromatic heterocycles. The van der Waals surface area contributed by atoms with Gasteiger partial charge in [0.25, 0.3) is 0 Å². The van der Waals surface area contributed by atoms with Crippen LogP contribution in [0.15, 0.2) is 29.2 Å². The number of aliphatic hydroxyl groups excluding tert-OH is 1. The fraction of sp³-hybridized carbons (Fsp3) is 0.500. The SMILES string of the molecule is CSc1ccccc1CC(=O)N1CCC[C@H](O)C1. The molecule has 98 valence electrons. The maximum absolute atomic E-state index is 12.2. The Morgan fingerprint density at radius 2 is 2.28 bits per heavy atom. The van der Waals surface area contributed by atoms with Gasteiger partial charge in [-0.15, -0.1) is 11.8 Å². The molecule has 1 aromatic rings. The average molecular weight is 265 g/mol. The second kappa shape index (κ2) is 6.25. The summed E-state index contributed by atoms with van der Waals surface area (Å²) in [5.74, 6) is 0.121. The van der Waals surface area contributed by atoms with E-state index in [9.17, 15) is 9.90 Å². The summed E-state index contributed by atoms with van der Waals surface area (Å²) in [4.78, 5) is 15.1. The third-order valence-electron chi connectivity index (χ3n) is 3.28. The van der Waals surface area contributed by atoms with Gasteiger partial charge in [-0.2, -0.15) is 0 Å². The van der Waals surface area contributed by atoms with Gasteiger partial charge >= 0.3 is 0 Å². The third-order valence-corrected chi connectivity index (χ3v) is 4.12. The molecule has 1 amide bonds. The van der Waals surface area contributed by atoms with Crippen LogP contribution >= 0.6 is 11.8 Å². The fourth-order valence-corrected chi connectivity index (χ4v) is 2.92. The summed E-state index contributed by atoms with van der Waals surface area (Å²) >= 11 is 1.66. The molecule has 1 atom stereocenters. The predicted molar refractivity (Wildman–Crippen MR) is 73.7 cm³/mol. The number of β-amino-alcohol motifs (C(OH)–C–C–N with tert-alkyl or cyclic N) is 1. The number of likely N-dealkylation sites (tertiary alicyclic amines) is 1. The summed E-state index contributed by atoms with van der Waals surface area (Å²) in [7, 11) is 0. The quantitative estimate of drug-likeness (QED) is 0.849. The van der Waals surface area contributed by atoms with Gasteiger partial charge in [0, 0.05) is 18.0 Å². The first kappa shape index (κ1) is 13.4. The highest BCUT2D eigenvalue weighted by molar-refractivity contribution is 7.98. The average Bonchev–Trinajstić information content (AvgIpc) is 2.39. The number of rotatable bonds is 3. The summed E-state index contributed by atoms with van der Waals surface area (Å²) in [6, 6.07) is 8.00. The van der Waals surface area contributed by atoms with Crippen LogP contribution in [0.1, 0.15) is 18.4 Å². The number of nitrogens with zero attached hydrogens (tertiary/aromatic N) is 1. The molecule has 1 aliphatic rings. The van der Waals surface area contributed by atoms with E-state index in [0.29, 0.717) is 13.0 Å². The second-order valence-corrected chi connectivity index (χ2v) is 5.47. The fourth-order valence-electron chi connectivity index (χ4n) is 2.30. The van der Waals surface area contributed by atoms with Crippen molar-refractivity contribution in [3.63, 3.8) is 0 Å². The molecule has 2 rings (SSSR count). The minimum absolute atomic E-state index is 0.121. The van der Waals surface area contributed by atoms with E-state index in [1.807, 2.05) is 30.5 Å². The lowest BCUT2D eigenvalue weighted by Crippen LogP contribution is -2.42. The normalized spacial score (nSPS) is 19.9. The van der Waals surface area contributed by atoms with Gasteiger partial charge in [-0.05, 0) is 30.7 Å². The number of hydrogen-bond donors (Lipinski definition) is 1. The number of hydrogen-bond acceptors (Lipinski definition) is 3. The Kier molecular flexibility index (Phi) is 4.66. The molecule has 1 saturated heterocycles. The van der Waals surface area contributed by atoms with Crippen LogP contribution in [-0.4, -0.2) is 41.4 Å². The van der Waals surface area contributed by atoms with Gasteiger partial charge in [-0.1, -0.05) is 18.2 Å². The minimum atomic E-state index is -0.349. The van der Waals surface area contributed by atoms with Crippen molar-refractivity contribution < 1.29 is 9.90 Å². The molecule has 18 heavy (non-hydrogen) atoms. The molecule has 1 fully saturated rings. The summed E-state index contributed by atoms with van der Waals surface area (Å²) in [6.45, 7) is 1.26. The molecule has 0 bridgehead atoms. The highest BCUT2D eigenvalue weighted by Gasteiger charge is 2.22. The molecular weight excluding hydrogens is 246 g/mol. The van der Waals surface area contributed by atoms with Crippen LogP contribution in [0.25, 0.3) is 0 Å². The van der Waals surface area contributed by atoms with Crippen LogP contribution in [-0.2, 0) is 11.2 Å². The molecular formula is C14H19NO2S. The van der Waals surface area contributed by atoms with Crippen LogP contribution in [0.2, 0.25) is 0 Å². The molecule has 0 radical (unpaired) electrons. The first-order chi connectivity index (χ1) is 8.70. The van der Waals surface area contributed by atoms with E-state index in [1.54, 1.807) is 16.7 Å². The Labute approximate surface area is 112 Å². The number of benzene rings is 1. The number of piperidine rings is 1. The zero-order valence-corrected chi connectivity index (χ0v) is 11.4. The third kappa shape index (κ3) is 3.27. The zero-order valence-electron chi connectivity index (χ0n) is 10.6. The lowest BCUT2D eigenvalue weighted by atomic mass is 10.1. The molecule has 1 aromatic carbocycles. The number of aliphatic hydroxyl groups is 1. The standard InChI is InChI=1S/C14H19NO2S/c1-18-13-7-3-2-5-11(13)9-14(17)15-8-4-6-12(16)10-15/h2-3,5,7,12,16H,4,6,8-10H2,1H3/t12-/m0/s1. The summed E-state index contributed by atoms with van der Waals surface area (Å²) in [6.07, 6.45) is 3.82. The van der Waals surface area contributed by atoms with Crippen LogP contribution < -0.4 is 0 Å². The largest absolute Gasteiger partial charge is 0.391 e. The van der Waals surface area contributed by atoms with Gasteiger partial charge in [0.1, 0.15) is 0 Å². The molecule has 4 heteroatoms. The van der Waals surface area contributed by atoms with E-state index in [2.05, 4.69) is 0 Å². The van der Waals surface area contributed by atoms with Crippen molar-refractivity contribution >= 4 is 17.7 Å². The van der Waals surface area contributed by atoms with Gasteiger partial charge in [0.2, 0.25) is 5.91 Å². The number of carbonyl (C=O) groups excluding carboxylic acids is 1. The van der Waals surface area contributed by atoms with Crippen molar-refractivity contribution in [3.05, 3.63) is 29.8 Å². The van der Waals surface area contributed by atoms with Crippen molar-refractivity contribution in [2.75, 3.05) is 19.3 Å². The van der Waals surface area contributed by atoms with E-state index in [1.165, 1.54) is 0 Å². The highest BCUT2D eigenvalue weighted by Crippen LogP contribution is 2.21. The van der Waals surface area contributed by atoms with Crippen molar-refractivity contribution in [2.24, 2.45) is 0 Å². The van der Waals surface area contributed by atoms with Gasteiger partial charge in [0.15, 0.2) is 0 Å². The molecule has 1 N–H and O–H groups in total. The highest BCUT2D eigenvalue weighted by atomic mass is 32.2. The first-order valence-electron chi connectivity index (χ1n) is 6.28. The van der Waals surface area contributed by atoms with E-state index in [-0.39, 0.29) is 12.0 Å². The molecule has 1 aliphatic heterocycles. The number of amides is 1. The van der Waals surface area contributed by atoms with Gasteiger partial charge in [0.05, 0.1) is 12.5 Å². The van der Waals surface area contributed by atoms with Crippen molar-refractivity contribution in [1.29, 1.82) is 0 Å². The monoisotopic (exact) mass is 265 g/mol. The second-order valence-electron chi connectivity index (χ2n) is 4.62. The number of carbonyl (C=O) groups is 1. The Bertz CT molecular complexity index is 422. The van der Waals surface area contributed by atoms with Crippen LogP contribution in [0.3, 0.4) is 0 Å². The van der Waals surface area contributed by atoms with E-state index < -0.39 is 0 Å². The molecule has 0 unspecified atom stereocenters. The van der Waals surface area contributed by atoms with E-state index >= 15 is 0 Å². The van der Waals surface area contributed by atoms with Crippen LogP contribution in [0, 0.1) is 0 Å². The zero-order chi connectivity index (χ0) is 13.0. The number of thioether (sulfide) groups is 1. The Morgan fingerprint density at radius 1 is 1.50 bits per heavy atom. The maximum atomic E-state index is 12.2. The van der Waals surface area contributed by atoms with Crippen molar-refractivity contribution in [1.82, 2.24) is 4.90 Å². The molecule has 1 heterocycles. The molecule has 0 aliphatic carbocycles. The van der Waals surface area contributed by atoms with Crippen LogP contribution in [0.4, 0.5) is 0 Å². The van der Waals surface area contributed by atoms with Crippen molar-refractivity contribution in [3.8, 4) is 0 Å². The van der Waals surface area contributed by atoms with E-state index in [0.717, 1.165) is 29.8 Å². The Balaban J connectivity index is 2.02. The van der Waals surface area contributed by atoms with Crippen molar-refractivity contribution in [2.45, 2.75) is 30.3 Å². The van der Waals surface area contributed by atoms with Crippen LogP contribution in [0.5, 0.6) is 0 Å². The molecule has 3 nitrogen and oxygen atoms in total. The summed E-state index contributed by atoms with van der Waals surface area (Å²) < 4.78 is 0. The first-order valence-corrected chi connectivity index (χ1v) is 7.51. The summed E-state index contributed by atoms with van der Waals surface area (Å²) in [5, 5.41) is 9.60. The molecule has 0 spiro atoms. The Morgan fingerprint density at radius 3 is 3.00 bits per heavy atom. The smallest absolute Gasteiger partial charge is 0.227 e.